The number of azo groups is 2. The second-order valence-electron chi connectivity index (χ2n) is 13.7. The molecule has 0 saturated heterocycles. The minimum atomic E-state index is -5.49. The van der Waals surface area contributed by atoms with E-state index in [1.165, 1.54) is 59.4 Å². The van der Waals surface area contributed by atoms with Crippen molar-refractivity contribution in [1.82, 2.24) is 29.9 Å². The number of primary amides is 1. The quantitative estimate of drug-likeness (QED) is 0.00679. The first-order chi connectivity index (χ1) is 33.9. The molecule has 1 amide bonds. The van der Waals surface area contributed by atoms with E-state index in [1.54, 1.807) is 0 Å². The number of anilines is 8. The predicted molar refractivity (Wildman–Crippen MR) is 239 cm³/mol. The molecule has 372 valence electrons. The molecule has 0 saturated carbocycles. The van der Waals surface area contributed by atoms with Gasteiger partial charge in [0.25, 0.3) is 5.91 Å². The van der Waals surface area contributed by atoms with Crippen LogP contribution >= 0.6 is 23.6 Å². The Balaban J connectivity index is 0.00000380. The van der Waals surface area contributed by atoms with Crippen molar-refractivity contribution in [2.75, 3.05) is 27.4 Å². The molecule has 0 unspecified atom stereocenters. The van der Waals surface area contributed by atoms with Gasteiger partial charge in [0.05, 0.1) is 61.0 Å². The first-order valence-corrected chi connectivity index (χ1v) is 24.2. The summed E-state index contributed by atoms with van der Waals surface area (Å²) in [6.45, 7) is 0. The number of halogens is 2. The molecular formula is C36H24ClFN17Na4O13S4+. The molecule has 30 nitrogen and oxygen atoms in total. The molecule has 40 heteroatoms. The first kappa shape index (κ1) is 66.2. The van der Waals surface area contributed by atoms with E-state index < -0.39 is 85.5 Å². The molecule has 3 aromatic heterocycles. The largest absolute Gasteiger partial charge is 1.00 e. The molecule has 9 N–H and O–H groups in total. The zero-order chi connectivity index (χ0) is 52.1. The number of nitrogen functional groups attached to an aromatic ring is 2. The summed E-state index contributed by atoms with van der Waals surface area (Å²) in [5.74, 6) is -1.95. The number of amides is 1. The number of hydrogen-bond donors (Lipinski definition) is 6. The van der Waals surface area contributed by atoms with Gasteiger partial charge in [0, 0.05) is 17.1 Å². The van der Waals surface area contributed by atoms with Gasteiger partial charge >= 0.3 is 136 Å². The number of rotatable bonds is 18. The number of hydrogen-bond acceptors (Lipinski definition) is 29. The Morgan fingerprint density at radius 3 is 1.80 bits per heavy atom. The van der Waals surface area contributed by atoms with Crippen molar-refractivity contribution >= 4 is 129 Å². The Hall–Kier alpha value is -4.10. The van der Waals surface area contributed by atoms with Crippen LogP contribution in [0.4, 0.5) is 73.4 Å². The van der Waals surface area contributed by atoms with Gasteiger partial charge in [-0.1, -0.05) is 0 Å². The van der Waals surface area contributed by atoms with Gasteiger partial charge in [0.2, 0.25) is 17.2 Å². The Morgan fingerprint density at radius 2 is 1.21 bits per heavy atom. The fourth-order valence-corrected chi connectivity index (χ4v) is 8.01. The predicted octanol–water partition coefficient (Wildman–Crippen LogP) is -8.59. The number of aromatic nitrogens is 7. The third kappa shape index (κ3) is 17.4. The summed E-state index contributed by atoms with van der Waals surface area (Å²) in [5.41, 5.74) is 14.1. The minimum Gasteiger partial charge on any atom is -0.744 e. The molecule has 7 aromatic rings. The van der Waals surface area contributed by atoms with Gasteiger partial charge in [-0.15, -0.1) is 29.8 Å². The topological polar surface area (TPSA) is 475 Å². The molecule has 0 atom stereocenters. The molecule has 76 heavy (non-hydrogen) atoms. The summed E-state index contributed by atoms with van der Waals surface area (Å²) in [7, 11) is -15.5. The summed E-state index contributed by atoms with van der Waals surface area (Å²) in [5, 5.41) is 37.4. The number of carbonyl (C=O) groups is 1. The van der Waals surface area contributed by atoms with Gasteiger partial charge in [-0.25, -0.2) is 29.8 Å². The van der Waals surface area contributed by atoms with Crippen LogP contribution in [0.5, 0.6) is 0 Å². The first-order valence-electron chi connectivity index (χ1n) is 18.9. The van der Waals surface area contributed by atoms with E-state index in [2.05, 4.69) is 75.7 Å². The molecule has 0 fully saturated rings. The third-order valence-electron chi connectivity index (χ3n) is 8.88. The number of pyridine rings is 1. The molecule has 4 aromatic carbocycles. The summed E-state index contributed by atoms with van der Waals surface area (Å²) < 4.78 is 128. The molecule has 0 bridgehead atoms. The van der Waals surface area contributed by atoms with Crippen LogP contribution < -0.4 is 161 Å². The van der Waals surface area contributed by atoms with Crippen molar-refractivity contribution in [1.29, 1.82) is 0 Å². The fraction of sp³-hybridized carbons (Fsp3) is 0. The monoisotopic (exact) mass is 1180 g/mol. The Bertz CT molecular complexity index is 3720. The van der Waals surface area contributed by atoms with Crippen LogP contribution in [-0.4, -0.2) is 74.7 Å². The number of carbonyl (C=O) groups excluding carboxylic acids is 1. The molecule has 7 rings (SSSR count). The molecule has 0 radical (unpaired) electrons. The number of benzene rings is 4. The normalized spacial score (nSPS) is 11.4. The summed E-state index contributed by atoms with van der Waals surface area (Å²) in [4.78, 5) is 32.3. The Kier molecular flexibility index (Phi) is 24.5. The summed E-state index contributed by atoms with van der Waals surface area (Å²) in [6.07, 6.45) is 1.38. The van der Waals surface area contributed by atoms with Crippen molar-refractivity contribution < 1.29 is 186 Å². The van der Waals surface area contributed by atoms with E-state index in [0.717, 1.165) is 30.3 Å². The van der Waals surface area contributed by atoms with Crippen LogP contribution in [0.2, 0.25) is 5.28 Å². The minimum absolute atomic E-state index is 0. The van der Waals surface area contributed by atoms with Crippen LogP contribution in [-0.2, 0) is 39.7 Å². The van der Waals surface area contributed by atoms with Crippen LogP contribution in [0, 0.1) is 6.08 Å². The number of nitrogens with one attached hydrogen (secondary N) is 3. The maximum absolute atomic E-state index is 14.6. The molecule has 0 aliphatic carbocycles. The molecule has 0 aliphatic heterocycles. The van der Waals surface area contributed by atoms with Crippen molar-refractivity contribution in [2.45, 2.75) is 19.6 Å². The maximum Gasteiger partial charge on any atom is 1.00 e. The van der Waals surface area contributed by atoms with E-state index >= 15 is 0 Å². The maximum atomic E-state index is 14.6. The average Bonchev–Trinajstić information content (AvgIpc) is 3.29. The van der Waals surface area contributed by atoms with Crippen molar-refractivity contribution in [3.8, 4) is 5.95 Å². The number of nitrogens with zero attached hydrogens (tertiary/aromatic N) is 11. The smallest absolute Gasteiger partial charge is 0.744 e. The van der Waals surface area contributed by atoms with Gasteiger partial charge < -0.3 is 52.1 Å². The van der Waals surface area contributed by atoms with E-state index in [4.69, 9.17) is 28.8 Å². The average molecular weight is 1180 g/mol. The van der Waals surface area contributed by atoms with Crippen LogP contribution in [0.1, 0.15) is 10.4 Å². The number of nitrogens with two attached hydrogens (primary N) is 3. The van der Waals surface area contributed by atoms with Crippen molar-refractivity contribution in [2.24, 2.45) is 26.2 Å². The standard InChI is InChI=1S/C36H27ClFN17O13S4.4Na/c37-31-45-33(42-17-3-7-20(8-4-17)70(58,59)60)49-34(46-31)43-19-6-10-25(71(61,62)63)22(13-19)52-53-23-14-26(72(64,65)66)28(40)29(27(23)39)54-51-21-12-18(5-9-24(21)69-68-67-57)44-35-47-32(38)48-36(50-35)55-11-1-2-16(15-55)30(41)56;;;;/h1-15H,(H12-,39,40,41,42,43,44,45,46,47,48,49,50,51,52,56,57,58,59,60,61,62,63,64,65,66);;;;/q;4*+1/p-3. The Labute approximate surface area is 525 Å². The third-order valence-corrected chi connectivity index (χ3v) is 12.3. The van der Waals surface area contributed by atoms with Crippen molar-refractivity contribution in [3.05, 3.63) is 108 Å². The summed E-state index contributed by atoms with van der Waals surface area (Å²) >= 11 is 6.38. The van der Waals surface area contributed by atoms with Gasteiger partial charge in [0.1, 0.15) is 53.1 Å². The van der Waals surface area contributed by atoms with Gasteiger partial charge in [-0.2, -0.15) is 19.3 Å². The Morgan fingerprint density at radius 1 is 0.658 bits per heavy atom. The SMILES string of the molecule is NC(=O)c1ccc[n+](-c2nc(F)nc(Nc3ccc(SOO[O-])c(N=Nc4c(N)c(N=Nc5cc(Nc6nc(Cl)nc(Nc7ccc(S(=O)(=O)[O-])cc7)n6)ccc5S(=O)(=O)[O-])cc(S(=O)(=O)[O-])c4N)c3)n2)c1.[Na+].[Na+].[Na+].[Na+]. The van der Waals surface area contributed by atoms with Gasteiger partial charge in [-0.3, -0.25) is 9.83 Å². The van der Waals surface area contributed by atoms with Gasteiger partial charge in [-0.05, 0) is 100 Å². The second kappa shape index (κ2) is 28.2. The van der Waals surface area contributed by atoms with E-state index in [-0.39, 0.29) is 181 Å². The summed E-state index contributed by atoms with van der Waals surface area (Å²) in [6, 6.07) is 14.6. The van der Waals surface area contributed by atoms with Crippen LogP contribution in [0.15, 0.2) is 131 Å². The molecule has 0 aliphatic rings. The fourth-order valence-electron chi connectivity index (χ4n) is 5.76. The van der Waals surface area contributed by atoms with Crippen LogP contribution in [0.3, 0.4) is 0 Å². The van der Waals surface area contributed by atoms with Crippen molar-refractivity contribution in [3.63, 3.8) is 0 Å². The van der Waals surface area contributed by atoms with E-state index in [9.17, 15) is 53.4 Å². The van der Waals surface area contributed by atoms with E-state index in [0.29, 0.717) is 18.1 Å². The van der Waals surface area contributed by atoms with E-state index in [1.807, 2.05) is 0 Å². The molecule has 3 heterocycles. The van der Waals surface area contributed by atoms with Crippen LogP contribution in [0.25, 0.3) is 5.95 Å². The zero-order valence-corrected chi connectivity index (χ0v) is 51.0. The van der Waals surface area contributed by atoms with Gasteiger partial charge in [0.15, 0.2) is 0 Å². The second-order valence-corrected chi connectivity index (χ2v) is 18.8. The molecular weight excluding hydrogens is 1150 g/mol. The molecule has 0 spiro atoms. The zero-order valence-electron chi connectivity index (χ0n) is 39.0.